The molecule has 1 aromatic rings. The van der Waals surface area contributed by atoms with E-state index in [0.29, 0.717) is 12.2 Å². The van der Waals surface area contributed by atoms with Gasteiger partial charge in [-0.1, -0.05) is 32.9 Å². The van der Waals surface area contributed by atoms with Gasteiger partial charge in [0.25, 0.3) is 0 Å². The van der Waals surface area contributed by atoms with Crippen LogP contribution in [-0.4, -0.2) is 16.2 Å². The van der Waals surface area contributed by atoms with Gasteiger partial charge in [0, 0.05) is 6.42 Å². The molecule has 1 aromatic carbocycles. The van der Waals surface area contributed by atoms with Crippen molar-refractivity contribution in [2.75, 3.05) is 0 Å². The van der Waals surface area contributed by atoms with E-state index in [2.05, 4.69) is 0 Å². The number of aromatic hydroxyl groups is 1. The monoisotopic (exact) mass is 236 g/mol. The highest BCUT2D eigenvalue weighted by Crippen LogP contribution is 2.34. The number of aliphatic carboxylic acids is 1. The van der Waals surface area contributed by atoms with Gasteiger partial charge in [-0.3, -0.25) is 4.79 Å². The molecular weight excluding hydrogens is 216 g/mol. The normalized spacial score (nSPS) is 11.5. The molecule has 0 unspecified atom stereocenters. The third kappa shape index (κ3) is 3.48. The van der Waals surface area contributed by atoms with Gasteiger partial charge in [0.05, 0.1) is 0 Å². The second-order valence-corrected chi connectivity index (χ2v) is 5.45. The van der Waals surface area contributed by atoms with Gasteiger partial charge in [-0.2, -0.15) is 0 Å². The van der Waals surface area contributed by atoms with Gasteiger partial charge in [0.15, 0.2) is 0 Å². The molecule has 3 heteroatoms. The fraction of sp³-hybridized carbons (Fsp3) is 0.500. The second-order valence-electron chi connectivity index (χ2n) is 5.45. The molecule has 0 aliphatic carbocycles. The van der Waals surface area contributed by atoms with Crippen LogP contribution in [0, 0.1) is 6.92 Å². The molecule has 1 rings (SSSR count). The Morgan fingerprint density at radius 2 is 1.88 bits per heavy atom. The number of hydrogen-bond donors (Lipinski definition) is 2. The molecule has 0 aliphatic heterocycles. The van der Waals surface area contributed by atoms with Crippen LogP contribution in [-0.2, 0) is 16.6 Å². The average Bonchev–Trinajstić information content (AvgIpc) is 2.17. The van der Waals surface area contributed by atoms with Crippen molar-refractivity contribution in [1.82, 2.24) is 0 Å². The molecule has 0 radical (unpaired) electrons. The Morgan fingerprint density at radius 3 is 2.35 bits per heavy atom. The van der Waals surface area contributed by atoms with Gasteiger partial charge < -0.3 is 10.2 Å². The van der Waals surface area contributed by atoms with Gasteiger partial charge >= 0.3 is 5.97 Å². The zero-order valence-electron chi connectivity index (χ0n) is 10.9. The highest BCUT2D eigenvalue weighted by Gasteiger charge is 2.20. The highest BCUT2D eigenvalue weighted by atomic mass is 16.4. The number of hydrogen-bond acceptors (Lipinski definition) is 2. The van der Waals surface area contributed by atoms with Crippen LogP contribution in [0.2, 0.25) is 0 Å². The van der Waals surface area contributed by atoms with Gasteiger partial charge in [0.1, 0.15) is 5.75 Å². The Balaban J connectivity index is 3.11. The Hall–Kier alpha value is -1.51. The number of phenols is 1. The first-order valence-electron chi connectivity index (χ1n) is 5.76. The Bertz CT molecular complexity index is 428. The van der Waals surface area contributed by atoms with Gasteiger partial charge in [0.2, 0.25) is 0 Å². The summed E-state index contributed by atoms with van der Waals surface area (Å²) in [4.78, 5) is 10.6. The largest absolute Gasteiger partial charge is 0.507 e. The highest BCUT2D eigenvalue weighted by molar-refractivity contribution is 5.67. The first-order valence-corrected chi connectivity index (χ1v) is 5.76. The topological polar surface area (TPSA) is 57.5 Å². The number of phenolic OH excluding ortho intramolecular Hbond substituents is 1. The van der Waals surface area contributed by atoms with Crippen LogP contribution in [0.25, 0.3) is 0 Å². The summed E-state index contributed by atoms with van der Waals surface area (Å²) in [7, 11) is 0. The predicted octanol–water partition coefficient (Wildman–Crippen LogP) is 3.02. The fourth-order valence-electron chi connectivity index (χ4n) is 1.82. The lowest BCUT2D eigenvalue weighted by Crippen LogP contribution is -2.12. The second kappa shape index (κ2) is 4.78. The summed E-state index contributed by atoms with van der Waals surface area (Å²) in [6.45, 7) is 7.93. The first kappa shape index (κ1) is 13.6. The van der Waals surface area contributed by atoms with Crippen LogP contribution in [0.15, 0.2) is 12.1 Å². The van der Waals surface area contributed by atoms with Gasteiger partial charge in [-0.05, 0) is 35.4 Å². The van der Waals surface area contributed by atoms with E-state index in [1.54, 1.807) is 0 Å². The molecule has 0 heterocycles. The van der Waals surface area contributed by atoms with E-state index in [-0.39, 0.29) is 11.8 Å². The third-order valence-corrected chi connectivity index (χ3v) is 2.80. The lowest BCUT2D eigenvalue weighted by Gasteiger charge is -2.22. The number of rotatable bonds is 3. The van der Waals surface area contributed by atoms with Crippen molar-refractivity contribution >= 4 is 5.97 Å². The summed E-state index contributed by atoms with van der Waals surface area (Å²) >= 11 is 0. The fourth-order valence-corrected chi connectivity index (χ4v) is 1.82. The van der Waals surface area contributed by atoms with Crippen LogP contribution in [0.1, 0.15) is 43.9 Å². The summed E-state index contributed by atoms with van der Waals surface area (Å²) in [5, 5.41) is 18.7. The van der Waals surface area contributed by atoms with Crippen molar-refractivity contribution in [3.05, 3.63) is 28.8 Å². The molecule has 2 N–H and O–H groups in total. The number of carboxylic acid groups (broad SMARTS) is 1. The van der Waals surface area contributed by atoms with E-state index in [9.17, 15) is 9.90 Å². The zero-order chi connectivity index (χ0) is 13.2. The number of aryl methyl sites for hydroxylation is 2. The molecule has 0 aromatic heterocycles. The molecule has 0 fully saturated rings. The average molecular weight is 236 g/mol. The standard InChI is InChI=1S/C14H20O3/c1-9-7-10(5-6-12(15)16)8-11(13(9)17)14(2,3)4/h7-8,17H,5-6H2,1-4H3,(H,15,16). The lowest BCUT2D eigenvalue weighted by molar-refractivity contribution is -0.136. The summed E-state index contributed by atoms with van der Waals surface area (Å²) in [6.07, 6.45) is 0.618. The molecule has 0 amide bonds. The number of carbonyl (C=O) groups is 1. The molecule has 0 aliphatic rings. The van der Waals surface area contributed by atoms with Crippen LogP contribution in [0.5, 0.6) is 5.75 Å². The molecular formula is C14H20O3. The molecule has 3 nitrogen and oxygen atoms in total. The first-order chi connectivity index (χ1) is 7.71. The molecule has 0 atom stereocenters. The third-order valence-electron chi connectivity index (χ3n) is 2.80. The maximum Gasteiger partial charge on any atom is 0.303 e. The molecule has 0 saturated carbocycles. The van der Waals surface area contributed by atoms with Gasteiger partial charge in [-0.25, -0.2) is 0 Å². The molecule has 0 spiro atoms. The predicted molar refractivity (Wildman–Crippen MR) is 67.5 cm³/mol. The zero-order valence-corrected chi connectivity index (χ0v) is 10.9. The minimum absolute atomic E-state index is 0.119. The molecule has 0 bridgehead atoms. The number of benzene rings is 1. The SMILES string of the molecule is Cc1cc(CCC(=O)O)cc(C(C)(C)C)c1O. The van der Waals surface area contributed by atoms with Crippen LogP contribution >= 0.6 is 0 Å². The Labute approximate surface area is 102 Å². The van der Waals surface area contributed by atoms with Crippen LogP contribution in [0.3, 0.4) is 0 Å². The van der Waals surface area contributed by atoms with Crippen molar-refractivity contribution in [2.24, 2.45) is 0 Å². The van der Waals surface area contributed by atoms with Crippen molar-refractivity contribution < 1.29 is 15.0 Å². The van der Waals surface area contributed by atoms with Gasteiger partial charge in [-0.15, -0.1) is 0 Å². The minimum atomic E-state index is -0.798. The summed E-state index contributed by atoms with van der Waals surface area (Å²) in [5.41, 5.74) is 2.50. The van der Waals surface area contributed by atoms with E-state index in [0.717, 1.165) is 16.7 Å². The molecule has 94 valence electrons. The maximum absolute atomic E-state index is 10.6. The van der Waals surface area contributed by atoms with Crippen molar-refractivity contribution in [3.63, 3.8) is 0 Å². The minimum Gasteiger partial charge on any atom is -0.507 e. The van der Waals surface area contributed by atoms with Crippen molar-refractivity contribution in [2.45, 2.75) is 46.0 Å². The summed E-state index contributed by atoms with van der Waals surface area (Å²) < 4.78 is 0. The van der Waals surface area contributed by atoms with Crippen LogP contribution in [0.4, 0.5) is 0 Å². The van der Waals surface area contributed by atoms with Crippen LogP contribution < -0.4 is 0 Å². The summed E-state index contributed by atoms with van der Waals surface area (Å²) in [6, 6.07) is 3.76. The van der Waals surface area contributed by atoms with E-state index < -0.39 is 5.97 Å². The molecule has 17 heavy (non-hydrogen) atoms. The Kier molecular flexibility index (Phi) is 3.81. The van der Waals surface area contributed by atoms with E-state index >= 15 is 0 Å². The summed E-state index contributed by atoms with van der Waals surface area (Å²) in [5.74, 6) is -0.482. The molecule has 0 saturated heterocycles. The Morgan fingerprint density at radius 1 is 1.29 bits per heavy atom. The smallest absolute Gasteiger partial charge is 0.303 e. The maximum atomic E-state index is 10.6. The van der Waals surface area contributed by atoms with Crippen molar-refractivity contribution in [3.8, 4) is 5.75 Å². The quantitative estimate of drug-likeness (QED) is 0.848. The lowest BCUT2D eigenvalue weighted by atomic mass is 9.83. The van der Waals surface area contributed by atoms with E-state index in [1.165, 1.54) is 0 Å². The number of carboxylic acids is 1. The van der Waals surface area contributed by atoms with E-state index in [1.807, 2.05) is 39.8 Å². The van der Waals surface area contributed by atoms with E-state index in [4.69, 9.17) is 5.11 Å². The van der Waals surface area contributed by atoms with Crippen molar-refractivity contribution in [1.29, 1.82) is 0 Å².